The third-order valence-corrected chi connectivity index (χ3v) is 4.15. The van der Waals surface area contributed by atoms with Gasteiger partial charge >= 0.3 is 0 Å². The molecule has 0 radical (unpaired) electrons. The first kappa shape index (κ1) is 19.5. The van der Waals surface area contributed by atoms with Gasteiger partial charge in [-0.3, -0.25) is 9.35 Å². The minimum atomic E-state index is -4.13. The Balaban J connectivity index is 2.11. The number of hydrogen-bond acceptors (Lipinski definition) is 6. The standard InChI is InChI=1S/C17H20N4O4S/c1-21(2)14-9-7-13(8-10-14)19-20-16-6-4-3-5-15(16)17(22)18-11-12-26(23,24)25/h3-10H,11-12H2,1-2H3,(H,18,22)(H,23,24,25). The molecule has 2 rings (SSSR count). The lowest BCUT2D eigenvalue weighted by Crippen LogP contribution is -2.28. The highest BCUT2D eigenvalue weighted by atomic mass is 32.2. The number of rotatable bonds is 7. The van der Waals surface area contributed by atoms with E-state index in [2.05, 4.69) is 15.5 Å². The Hall–Kier alpha value is -2.78. The van der Waals surface area contributed by atoms with Crippen LogP contribution in [0.2, 0.25) is 0 Å². The highest BCUT2D eigenvalue weighted by Crippen LogP contribution is 2.23. The van der Waals surface area contributed by atoms with Crippen molar-refractivity contribution in [3.63, 3.8) is 0 Å². The first-order valence-corrected chi connectivity index (χ1v) is 9.39. The molecule has 1 amide bonds. The maximum absolute atomic E-state index is 12.2. The van der Waals surface area contributed by atoms with Crippen molar-refractivity contribution < 1.29 is 17.8 Å². The molecule has 0 heterocycles. The van der Waals surface area contributed by atoms with E-state index >= 15 is 0 Å². The molecule has 0 atom stereocenters. The summed E-state index contributed by atoms with van der Waals surface area (Å²) in [5.74, 6) is -1.05. The van der Waals surface area contributed by atoms with E-state index in [1.54, 1.807) is 24.3 Å². The van der Waals surface area contributed by atoms with Gasteiger partial charge in [-0.2, -0.15) is 13.5 Å². The van der Waals surface area contributed by atoms with Crippen LogP contribution in [0.4, 0.5) is 17.1 Å². The summed E-state index contributed by atoms with van der Waals surface area (Å²) in [5, 5.41) is 10.7. The van der Waals surface area contributed by atoms with Gasteiger partial charge in [0.25, 0.3) is 16.0 Å². The Bertz CT molecular complexity index is 893. The molecule has 2 aromatic rings. The molecule has 9 heteroatoms. The molecular formula is C17H20N4O4S. The second kappa shape index (κ2) is 8.54. The Morgan fingerprint density at radius 1 is 1.08 bits per heavy atom. The lowest BCUT2D eigenvalue weighted by molar-refractivity contribution is 0.0956. The van der Waals surface area contributed by atoms with Gasteiger partial charge in [-0.05, 0) is 36.4 Å². The minimum absolute atomic E-state index is 0.199. The Morgan fingerprint density at radius 2 is 1.73 bits per heavy atom. The molecule has 0 saturated heterocycles. The van der Waals surface area contributed by atoms with Crippen molar-refractivity contribution in [2.24, 2.45) is 10.2 Å². The van der Waals surface area contributed by atoms with Crippen LogP contribution in [0.25, 0.3) is 0 Å². The quantitative estimate of drug-likeness (QED) is 0.570. The van der Waals surface area contributed by atoms with Crippen molar-refractivity contribution in [3.8, 4) is 0 Å². The van der Waals surface area contributed by atoms with E-state index in [-0.39, 0.29) is 12.1 Å². The third kappa shape index (κ3) is 5.94. The number of carbonyl (C=O) groups is 1. The zero-order valence-corrected chi connectivity index (χ0v) is 15.3. The number of benzene rings is 2. The van der Waals surface area contributed by atoms with Gasteiger partial charge in [-0.25, -0.2) is 0 Å². The van der Waals surface area contributed by atoms with Crippen LogP contribution >= 0.6 is 0 Å². The highest BCUT2D eigenvalue weighted by molar-refractivity contribution is 7.85. The van der Waals surface area contributed by atoms with Gasteiger partial charge in [0, 0.05) is 26.3 Å². The smallest absolute Gasteiger partial charge is 0.266 e. The Morgan fingerprint density at radius 3 is 2.35 bits per heavy atom. The van der Waals surface area contributed by atoms with Gasteiger partial charge < -0.3 is 10.2 Å². The first-order chi connectivity index (χ1) is 12.3. The number of azo groups is 1. The van der Waals surface area contributed by atoms with Crippen LogP contribution < -0.4 is 10.2 Å². The molecule has 0 saturated carbocycles. The maximum Gasteiger partial charge on any atom is 0.266 e. The van der Waals surface area contributed by atoms with Gasteiger partial charge in [-0.1, -0.05) is 12.1 Å². The molecule has 2 aromatic carbocycles. The first-order valence-electron chi connectivity index (χ1n) is 7.78. The SMILES string of the molecule is CN(C)c1ccc(N=Nc2ccccc2C(=O)NCCS(=O)(=O)O)cc1. The van der Waals surface area contributed by atoms with Crippen molar-refractivity contribution in [1.82, 2.24) is 5.32 Å². The molecule has 8 nitrogen and oxygen atoms in total. The van der Waals surface area contributed by atoms with Crippen molar-refractivity contribution in [3.05, 3.63) is 54.1 Å². The largest absolute Gasteiger partial charge is 0.378 e. The number of anilines is 1. The van der Waals surface area contributed by atoms with E-state index in [1.807, 2.05) is 43.3 Å². The number of nitrogens with zero attached hydrogens (tertiary/aromatic N) is 3. The second-order valence-electron chi connectivity index (χ2n) is 5.67. The van der Waals surface area contributed by atoms with Gasteiger partial charge in [0.05, 0.1) is 22.7 Å². The maximum atomic E-state index is 12.2. The molecule has 26 heavy (non-hydrogen) atoms. The molecule has 2 N–H and O–H groups in total. The predicted molar refractivity (Wildman–Crippen MR) is 100 cm³/mol. The predicted octanol–water partition coefficient (Wildman–Crippen LogP) is 2.79. The Labute approximate surface area is 152 Å². The molecule has 0 aliphatic heterocycles. The number of carbonyl (C=O) groups excluding carboxylic acids is 1. The summed E-state index contributed by atoms with van der Waals surface area (Å²) in [6.45, 7) is -0.199. The molecule has 0 fully saturated rings. The zero-order chi connectivity index (χ0) is 19.2. The number of amides is 1. The Kier molecular flexibility index (Phi) is 6.42. The molecular weight excluding hydrogens is 356 g/mol. The average Bonchev–Trinajstić information content (AvgIpc) is 2.59. The van der Waals surface area contributed by atoms with Gasteiger partial charge in [0.2, 0.25) is 0 Å². The normalized spacial score (nSPS) is 11.5. The molecule has 138 valence electrons. The molecule has 0 aromatic heterocycles. The summed E-state index contributed by atoms with van der Waals surface area (Å²) < 4.78 is 30.1. The van der Waals surface area contributed by atoms with Crippen LogP contribution in [0.3, 0.4) is 0 Å². The average molecular weight is 376 g/mol. The summed E-state index contributed by atoms with van der Waals surface area (Å²) in [6.07, 6.45) is 0. The molecule has 0 bridgehead atoms. The summed E-state index contributed by atoms with van der Waals surface area (Å²) >= 11 is 0. The van der Waals surface area contributed by atoms with Gasteiger partial charge in [0.1, 0.15) is 0 Å². The van der Waals surface area contributed by atoms with Gasteiger partial charge in [0.15, 0.2) is 0 Å². The van der Waals surface area contributed by atoms with E-state index in [4.69, 9.17) is 4.55 Å². The lowest BCUT2D eigenvalue weighted by Gasteiger charge is -2.11. The fourth-order valence-electron chi connectivity index (χ4n) is 2.07. The van der Waals surface area contributed by atoms with E-state index in [9.17, 15) is 13.2 Å². The van der Waals surface area contributed by atoms with E-state index < -0.39 is 21.8 Å². The molecule has 0 aliphatic carbocycles. The van der Waals surface area contributed by atoms with Crippen LogP contribution in [0, 0.1) is 0 Å². The van der Waals surface area contributed by atoms with Crippen LogP contribution in [0.1, 0.15) is 10.4 Å². The summed E-state index contributed by atoms with van der Waals surface area (Å²) in [5.41, 5.74) is 2.28. The van der Waals surface area contributed by atoms with Crippen LogP contribution in [-0.2, 0) is 10.1 Å². The van der Waals surface area contributed by atoms with Crippen LogP contribution in [-0.4, -0.2) is 45.3 Å². The lowest BCUT2D eigenvalue weighted by atomic mass is 10.1. The highest BCUT2D eigenvalue weighted by Gasteiger charge is 2.12. The third-order valence-electron chi connectivity index (χ3n) is 3.43. The fourth-order valence-corrected chi connectivity index (χ4v) is 2.43. The van der Waals surface area contributed by atoms with E-state index in [1.165, 1.54) is 0 Å². The van der Waals surface area contributed by atoms with Crippen molar-refractivity contribution in [2.45, 2.75) is 0 Å². The minimum Gasteiger partial charge on any atom is -0.378 e. The van der Waals surface area contributed by atoms with Crippen molar-refractivity contribution in [2.75, 3.05) is 31.3 Å². The summed E-state index contributed by atoms with van der Waals surface area (Å²) in [4.78, 5) is 14.2. The number of nitrogens with one attached hydrogen (secondary N) is 1. The second-order valence-corrected chi connectivity index (χ2v) is 7.24. The van der Waals surface area contributed by atoms with Crippen LogP contribution in [0.15, 0.2) is 58.8 Å². The van der Waals surface area contributed by atoms with Crippen molar-refractivity contribution in [1.29, 1.82) is 0 Å². The van der Waals surface area contributed by atoms with Gasteiger partial charge in [-0.15, -0.1) is 5.11 Å². The fraction of sp³-hybridized carbons (Fsp3) is 0.235. The number of hydrogen-bond donors (Lipinski definition) is 2. The summed E-state index contributed by atoms with van der Waals surface area (Å²) in [7, 11) is -0.252. The molecule has 0 unspecified atom stereocenters. The van der Waals surface area contributed by atoms with E-state index in [0.29, 0.717) is 11.4 Å². The topological polar surface area (TPSA) is 111 Å². The van der Waals surface area contributed by atoms with Crippen LogP contribution in [0.5, 0.6) is 0 Å². The molecule has 0 aliphatic rings. The molecule has 0 spiro atoms. The van der Waals surface area contributed by atoms with Crippen molar-refractivity contribution >= 4 is 33.1 Å². The summed E-state index contributed by atoms with van der Waals surface area (Å²) in [6, 6.07) is 14.0. The monoisotopic (exact) mass is 376 g/mol. The zero-order valence-electron chi connectivity index (χ0n) is 14.5. The van der Waals surface area contributed by atoms with E-state index in [0.717, 1.165) is 5.69 Å².